The molecule has 1 aliphatic rings. The average Bonchev–Trinajstić information content (AvgIpc) is 2.62. The Balaban J connectivity index is 1.43. The third-order valence-electron chi connectivity index (χ3n) is 4.30. The maximum absolute atomic E-state index is 11.8. The Morgan fingerprint density at radius 2 is 1.15 bits per heavy atom. The lowest BCUT2D eigenvalue weighted by atomic mass is 9.70. The van der Waals surface area contributed by atoms with Crippen molar-refractivity contribution in [2.75, 3.05) is 13.2 Å². The van der Waals surface area contributed by atoms with Crippen molar-refractivity contribution >= 4 is 12.3 Å². The van der Waals surface area contributed by atoms with E-state index in [0.29, 0.717) is 11.5 Å². The van der Waals surface area contributed by atoms with Gasteiger partial charge in [0.05, 0.1) is 0 Å². The van der Waals surface area contributed by atoms with Crippen molar-refractivity contribution in [2.24, 2.45) is 5.41 Å². The van der Waals surface area contributed by atoms with Crippen LogP contribution in [0.5, 0.6) is 11.5 Å². The second kappa shape index (κ2) is 8.38. The molecule has 6 heteroatoms. The largest absolute Gasteiger partial charge is 0.513 e. The first-order valence-corrected chi connectivity index (χ1v) is 8.45. The van der Waals surface area contributed by atoms with Gasteiger partial charge in [-0.2, -0.15) is 0 Å². The summed E-state index contributed by atoms with van der Waals surface area (Å²) in [5.41, 5.74) is -0.370. The van der Waals surface area contributed by atoms with Crippen molar-refractivity contribution in [1.82, 2.24) is 0 Å². The van der Waals surface area contributed by atoms with E-state index >= 15 is 0 Å². The van der Waals surface area contributed by atoms with Crippen LogP contribution >= 0.6 is 0 Å². The van der Waals surface area contributed by atoms with Gasteiger partial charge < -0.3 is 18.9 Å². The monoisotopic (exact) mass is 356 g/mol. The van der Waals surface area contributed by atoms with E-state index in [1.807, 2.05) is 12.1 Å². The third kappa shape index (κ3) is 4.99. The van der Waals surface area contributed by atoms with E-state index in [-0.39, 0.29) is 18.6 Å². The third-order valence-corrected chi connectivity index (χ3v) is 4.30. The molecule has 0 unspecified atom stereocenters. The number of benzene rings is 2. The predicted molar refractivity (Wildman–Crippen MR) is 93.1 cm³/mol. The van der Waals surface area contributed by atoms with Crippen LogP contribution in [0.4, 0.5) is 9.59 Å². The number of hydrogen-bond donors (Lipinski definition) is 0. The zero-order valence-electron chi connectivity index (χ0n) is 14.3. The summed E-state index contributed by atoms with van der Waals surface area (Å²) in [5.74, 6) is 0.839. The Morgan fingerprint density at radius 3 is 1.50 bits per heavy atom. The molecule has 2 aromatic carbocycles. The molecule has 1 saturated carbocycles. The highest BCUT2D eigenvalue weighted by Gasteiger charge is 2.40. The van der Waals surface area contributed by atoms with Gasteiger partial charge in [-0.25, -0.2) is 9.59 Å². The van der Waals surface area contributed by atoms with Crippen molar-refractivity contribution in [2.45, 2.75) is 19.3 Å². The molecule has 0 spiro atoms. The molecule has 0 radical (unpaired) electrons. The number of rotatable bonds is 6. The van der Waals surface area contributed by atoms with Gasteiger partial charge >= 0.3 is 12.3 Å². The topological polar surface area (TPSA) is 71.1 Å². The zero-order chi connectivity index (χ0) is 18.2. The summed E-state index contributed by atoms with van der Waals surface area (Å²) in [4.78, 5) is 23.6. The van der Waals surface area contributed by atoms with Gasteiger partial charge in [-0.1, -0.05) is 42.8 Å². The molecule has 0 bridgehead atoms. The SMILES string of the molecule is O=C(OCC1(COC(=O)Oc2ccccc2)CCC1)Oc1ccccc1. The molecule has 26 heavy (non-hydrogen) atoms. The van der Waals surface area contributed by atoms with Crippen LogP contribution < -0.4 is 9.47 Å². The minimum absolute atomic E-state index is 0.136. The Morgan fingerprint density at radius 1 is 0.731 bits per heavy atom. The standard InChI is InChI=1S/C20H20O6/c21-18(25-16-8-3-1-4-9-16)23-14-20(12-7-13-20)15-24-19(22)26-17-10-5-2-6-11-17/h1-6,8-11H,7,12-15H2. The van der Waals surface area contributed by atoms with Gasteiger partial charge in [0.25, 0.3) is 0 Å². The maximum Gasteiger partial charge on any atom is 0.513 e. The van der Waals surface area contributed by atoms with Crippen LogP contribution in [-0.2, 0) is 9.47 Å². The normalized spacial score (nSPS) is 14.6. The lowest BCUT2D eigenvalue weighted by Crippen LogP contribution is -2.41. The predicted octanol–water partition coefficient (Wildman–Crippen LogP) is 4.59. The average molecular weight is 356 g/mol. The van der Waals surface area contributed by atoms with Crippen LogP contribution in [0.1, 0.15) is 19.3 Å². The van der Waals surface area contributed by atoms with E-state index in [0.717, 1.165) is 19.3 Å². The smallest absolute Gasteiger partial charge is 0.433 e. The van der Waals surface area contributed by atoms with Gasteiger partial charge in [0.2, 0.25) is 0 Å². The number of hydrogen-bond acceptors (Lipinski definition) is 6. The highest BCUT2D eigenvalue weighted by atomic mass is 16.7. The number of carbonyl (C=O) groups is 2. The van der Waals surface area contributed by atoms with E-state index in [9.17, 15) is 9.59 Å². The first-order valence-electron chi connectivity index (χ1n) is 8.45. The molecule has 6 nitrogen and oxygen atoms in total. The summed E-state index contributed by atoms with van der Waals surface area (Å²) in [5, 5.41) is 0. The van der Waals surface area contributed by atoms with Crippen LogP contribution in [0.15, 0.2) is 60.7 Å². The first kappa shape index (κ1) is 17.8. The van der Waals surface area contributed by atoms with Gasteiger partial charge in [-0.05, 0) is 37.1 Å². The Labute approximate surface area is 151 Å². The fourth-order valence-electron chi connectivity index (χ4n) is 2.66. The van der Waals surface area contributed by atoms with Crippen LogP contribution in [0.2, 0.25) is 0 Å². The molecule has 0 amide bonds. The summed E-state index contributed by atoms with van der Waals surface area (Å²) in [6.45, 7) is 0.272. The van der Waals surface area contributed by atoms with Gasteiger partial charge in [-0.15, -0.1) is 0 Å². The molecular weight excluding hydrogens is 336 g/mol. The molecule has 1 aliphatic carbocycles. The second-order valence-corrected chi connectivity index (χ2v) is 6.26. The summed E-state index contributed by atoms with van der Waals surface area (Å²) in [6, 6.07) is 17.4. The first-order chi connectivity index (χ1) is 12.7. The van der Waals surface area contributed by atoms with Gasteiger partial charge in [-0.3, -0.25) is 0 Å². The molecule has 3 rings (SSSR count). The number of carbonyl (C=O) groups excluding carboxylic acids is 2. The Hall–Kier alpha value is -3.02. The number of para-hydroxylation sites is 2. The molecule has 0 aliphatic heterocycles. The Bertz CT molecular complexity index is 665. The van der Waals surface area contributed by atoms with Crippen molar-refractivity contribution in [3.63, 3.8) is 0 Å². The molecular formula is C20H20O6. The van der Waals surface area contributed by atoms with Crippen molar-refractivity contribution < 1.29 is 28.5 Å². The molecule has 0 saturated heterocycles. The number of ether oxygens (including phenoxy) is 4. The molecule has 0 atom stereocenters. The van der Waals surface area contributed by atoms with E-state index in [1.54, 1.807) is 48.5 Å². The molecule has 0 N–H and O–H groups in total. The maximum atomic E-state index is 11.8. The van der Waals surface area contributed by atoms with Gasteiger partial charge in [0, 0.05) is 5.41 Å². The van der Waals surface area contributed by atoms with Crippen molar-refractivity contribution in [3.8, 4) is 11.5 Å². The van der Waals surface area contributed by atoms with E-state index in [2.05, 4.69) is 0 Å². The summed E-state index contributed by atoms with van der Waals surface area (Å²) >= 11 is 0. The van der Waals surface area contributed by atoms with E-state index < -0.39 is 12.3 Å². The minimum Gasteiger partial charge on any atom is -0.433 e. The van der Waals surface area contributed by atoms with Gasteiger partial charge in [0.1, 0.15) is 24.7 Å². The molecule has 2 aromatic rings. The van der Waals surface area contributed by atoms with Crippen LogP contribution in [0, 0.1) is 5.41 Å². The molecule has 0 aromatic heterocycles. The van der Waals surface area contributed by atoms with Crippen LogP contribution in [0.3, 0.4) is 0 Å². The highest BCUT2D eigenvalue weighted by Crippen LogP contribution is 2.41. The lowest BCUT2D eigenvalue weighted by Gasteiger charge is -2.39. The molecule has 0 heterocycles. The van der Waals surface area contributed by atoms with Crippen molar-refractivity contribution in [3.05, 3.63) is 60.7 Å². The van der Waals surface area contributed by atoms with E-state index in [1.165, 1.54) is 0 Å². The highest BCUT2D eigenvalue weighted by molar-refractivity contribution is 5.64. The van der Waals surface area contributed by atoms with Crippen LogP contribution in [-0.4, -0.2) is 25.5 Å². The summed E-state index contributed by atoms with van der Waals surface area (Å²) in [7, 11) is 0. The fraction of sp³-hybridized carbons (Fsp3) is 0.300. The van der Waals surface area contributed by atoms with Gasteiger partial charge in [0.15, 0.2) is 0 Å². The van der Waals surface area contributed by atoms with E-state index in [4.69, 9.17) is 18.9 Å². The Kier molecular flexibility index (Phi) is 5.73. The van der Waals surface area contributed by atoms with Crippen LogP contribution in [0.25, 0.3) is 0 Å². The minimum atomic E-state index is -0.769. The van der Waals surface area contributed by atoms with Crippen molar-refractivity contribution in [1.29, 1.82) is 0 Å². The quantitative estimate of drug-likeness (QED) is 0.557. The molecule has 1 fully saturated rings. The summed E-state index contributed by atoms with van der Waals surface area (Å²) in [6.07, 6.45) is 1.08. The summed E-state index contributed by atoms with van der Waals surface area (Å²) < 4.78 is 20.6. The molecule has 136 valence electrons. The second-order valence-electron chi connectivity index (χ2n) is 6.26. The lowest BCUT2D eigenvalue weighted by molar-refractivity contribution is -0.0394. The zero-order valence-corrected chi connectivity index (χ0v) is 14.3. The fourth-order valence-corrected chi connectivity index (χ4v) is 2.66.